The molecule has 0 spiro atoms. The van der Waals surface area contributed by atoms with Crippen molar-refractivity contribution in [1.29, 1.82) is 0 Å². The normalized spacial score (nSPS) is 10.9. The van der Waals surface area contributed by atoms with Crippen LogP contribution in [0, 0.1) is 0 Å². The SMILES string of the molecule is CC(C)c1ccc(-c2noc(CCC(=O)Nc3ccccc3N)n2)cc1. The van der Waals surface area contributed by atoms with Crippen LogP contribution in [0.5, 0.6) is 0 Å². The van der Waals surface area contributed by atoms with Gasteiger partial charge in [-0.25, -0.2) is 0 Å². The molecule has 26 heavy (non-hydrogen) atoms. The molecule has 0 saturated heterocycles. The summed E-state index contributed by atoms with van der Waals surface area (Å²) in [6.07, 6.45) is 0.609. The number of carbonyl (C=O) groups is 1. The molecular formula is C20H22N4O2. The molecule has 2 aromatic carbocycles. The second-order valence-corrected chi connectivity index (χ2v) is 6.42. The van der Waals surface area contributed by atoms with Crippen LogP contribution < -0.4 is 11.1 Å². The van der Waals surface area contributed by atoms with E-state index in [2.05, 4.69) is 41.4 Å². The van der Waals surface area contributed by atoms with Crippen molar-refractivity contribution >= 4 is 17.3 Å². The van der Waals surface area contributed by atoms with Crippen LogP contribution >= 0.6 is 0 Å². The summed E-state index contributed by atoms with van der Waals surface area (Å²) in [7, 11) is 0. The Labute approximate surface area is 152 Å². The van der Waals surface area contributed by atoms with E-state index in [9.17, 15) is 4.79 Å². The number of nitrogens with two attached hydrogens (primary N) is 1. The van der Waals surface area contributed by atoms with E-state index in [1.54, 1.807) is 12.1 Å². The van der Waals surface area contributed by atoms with E-state index in [4.69, 9.17) is 10.3 Å². The largest absolute Gasteiger partial charge is 0.397 e. The smallest absolute Gasteiger partial charge is 0.227 e. The first-order valence-electron chi connectivity index (χ1n) is 8.60. The van der Waals surface area contributed by atoms with Gasteiger partial charge in [-0.2, -0.15) is 4.98 Å². The summed E-state index contributed by atoms with van der Waals surface area (Å²) >= 11 is 0. The zero-order chi connectivity index (χ0) is 18.5. The summed E-state index contributed by atoms with van der Waals surface area (Å²) in [5.41, 5.74) is 9.11. The molecule has 0 aliphatic rings. The fourth-order valence-corrected chi connectivity index (χ4v) is 2.53. The molecule has 0 saturated carbocycles. The van der Waals surface area contributed by atoms with Gasteiger partial charge in [0.1, 0.15) is 0 Å². The number of hydrogen-bond donors (Lipinski definition) is 2. The summed E-state index contributed by atoms with van der Waals surface area (Å²) in [5.74, 6) is 1.29. The second kappa shape index (κ2) is 7.82. The van der Waals surface area contributed by atoms with Gasteiger partial charge in [-0.3, -0.25) is 4.79 Å². The van der Waals surface area contributed by atoms with Gasteiger partial charge in [-0.1, -0.05) is 55.4 Å². The van der Waals surface area contributed by atoms with Crippen molar-refractivity contribution in [3.05, 3.63) is 60.0 Å². The minimum absolute atomic E-state index is 0.149. The van der Waals surface area contributed by atoms with Gasteiger partial charge in [0.25, 0.3) is 0 Å². The molecule has 0 aliphatic heterocycles. The minimum Gasteiger partial charge on any atom is -0.397 e. The number of aryl methyl sites for hydroxylation is 1. The molecule has 1 aromatic heterocycles. The maximum absolute atomic E-state index is 12.1. The predicted octanol–water partition coefficient (Wildman–Crippen LogP) is 4.01. The third kappa shape index (κ3) is 4.27. The van der Waals surface area contributed by atoms with Crippen molar-refractivity contribution in [2.24, 2.45) is 0 Å². The van der Waals surface area contributed by atoms with Crippen molar-refractivity contribution in [3.8, 4) is 11.4 Å². The van der Waals surface area contributed by atoms with Gasteiger partial charge in [0.2, 0.25) is 17.6 Å². The highest BCUT2D eigenvalue weighted by Gasteiger charge is 2.12. The van der Waals surface area contributed by atoms with Gasteiger partial charge < -0.3 is 15.6 Å². The number of nitrogen functional groups attached to an aromatic ring is 1. The molecule has 3 rings (SSSR count). The van der Waals surface area contributed by atoms with Crippen LogP contribution in [0.2, 0.25) is 0 Å². The number of nitrogens with zero attached hydrogens (tertiary/aromatic N) is 2. The van der Waals surface area contributed by atoms with Gasteiger partial charge in [0.05, 0.1) is 11.4 Å². The molecule has 6 heteroatoms. The summed E-state index contributed by atoms with van der Waals surface area (Å²) < 4.78 is 5.26. The number of rotatable bonds is 6. The van der Waals surface area contributed by atoms with Crippen LogP contribution in [0.25, 0.3) is 11.4 Å². The molecular weight excluding hydrogens is 328 g/mol. The molecule has 6 nitrogen and oxygen atoms in total. The monoisotopic (exact) mass is 350 g/mol. The molecule has 3 N–H and O–H groups in total. The van der Waals surface area contributed by atoms with Gasteiger partial charge in [0, 0.05) is 18.4 Å². The van der Waals surface area contributed by atoms with E-state index in [-0.39, 0.29) is 12.3 Å². The van der Waals surface area contributed by atoms with Crippen LogP contribution in [-0.2, 0) is 11.2 Å². The van der Waals surface area contributed by atoms with E-state index < -0.39 is 0 Å². The molecule has 0 unspecified atom stereocenters. The third-order valence-corrected chi connectivity index (χ3v) is 4.10. The van der Waals surface area contributed by atoms with Crippen LogP contribution in [-0.4, -0.2) is 16.0 Å². The van der Waals surface area contributed by atoms with Gasteiger partial charge in [-0.15, -0.1) is 0 Å². The van der Waals surface area contributed by atoms with Crippen molar-refractivity contribution in [3.63, 3.8) is 0 Å². The Balaban J connectivity index is 1.58. The number of aromatic nitrogens is 2. The lowest BCUT2D eigenvalue weighted by atomic mass is 10.0. The first kappa shape index (κ1) is 17.7. The molecule has 3 aromatic rings. The second-order valence-electron chi connectivity index (χ2n) is 6.42. The van der Waals surface area contributed by atoms with Crippen molar-refractivity contribution < 1.29 is 9.32 Å². The van der Waals surface area contributed by atoms with Crippen LogP contribution in [0.15, 0.2) is 53.1 Å². The van der Waals surface area contributed by atoms with Gasteiger partial charge in [0.15, 0.2) is 0 Å². The Hall–Kier alpha value is -3.15. The number of anilines is 2. The highest BCUT2D eigenvalue weighted by Crippen LogP contribution is 2.21. The zero-order valence-corrected chi connectivity index (χ0v) is 14.9. The Morgan fingerprint density at radius 3 is 2.58 bits per heavy atom. The quantitative estimate of drug-likeness (QED) is 0.655. The number of amides is 1. The highest BCUT2D eigenvalue weighted by atomic mass is 16.5. The Kier molecular flexibility index (Phi) is 5.31. The minimum atomic E-state index is -0.149. The molecule has 0 atom stereocenters. The highest BCUT2D eigenvalue weighted by molar-refractivity contribution is 5.93. The first-order valence-corrected chi connectivity index (χ1v) is 8.60. The summed E-state index contributed by atoms with van der Waals surface area (Å²) in [5, 5.41) is 6.78. The topological polar surface area (TPSA) is 94.0 Å². The molecule has 0 radical (unpaired) electrons. The Morgan fingerprint density at radius 2 is 1.88 bits per heavy atom. The molecule has 0 aliphatic carbocycles. The summed E-state index contributed by atoms with van der Waals surface area (Å²) in [6.45, 7) is 4.30. The fourth-order valence-electron chi connectivity index (χ4n) is 2.53. The van der Waals surface area contributed by atoms with Crippen molar-refractivity contribution in [2.75, 3.05) is 11.1 Å². The van der Waals surface area contributed by atoms with Crippen LogP contribution in [0.3, 0.4) is 0 Å². The lowest BCUT2D eigenvalue weighted by Gasteiger charge is -2.06. The average molecular weight is 350 g/mol. The number of carbonyl (C=O) groups excluding carboxylic acids is 1. The lowest BCUT2D eigenvalue weighted by molar-refractivity contribution is -0.116. The fraction of sp³-hybridized carbons (Fsp3) is 0.250. The first-order chi connectivity index (χ1) is 12.5. The zero-order valence-electron chi connectivity index (χ0n) is 14.9. The van der Waals surface area contributed by atoms with E-state index in [1.807, 2.05) is 24.3 Å². The maximum atomic E-state index is 12.1. The third-order valence-electron chi connectivity index (χ3n) is 4.10. The Bertz CT molecular complexity index is 885. The molecule has 1 heterocycles. The molecule has 1 amide bonds. The number of benzene rings is 2. The molecule has 0 fully saturated rings. The number of para-hydroxylation sites is 2. The van der Waals surface area contributed by atoms with Gasteiger partial charge in [-0.05, 0) is 23.6 Å². The predicted molar refractivity (Wildman–Crippen MR) is 102 cm³/mol. The maximum Gasteiger partial charge on any atom is 0.227 e. The van der Waals surface area contributed by atoms with Crippen molar-refractivity contribution in [2.45, 2.75) is 32.6 Å². The van der Waals surface area contributed by atoms with E-state index in [0.29, 0.717) is 35.4 Å². The van der Waals surface area contributed by atoms with Crippen LogP contribution in [0.4, 0.5) is 11.4 Å². The molecule has 0 bridgehead atoms. The van der Waals surface area contributed by atoms with E-state index in [1.165, 1.54) is 5.56 Å². The number of hydrogen-bond acceptors (Lipinski definition) is 5. The van der Waals surface area contributed by atoms with Crippen molar-refractivity contribution in [1.82, 2.24) is 10.1 Å². The van der Waals surface area contributed by atoms with Gasteiger partial charge >= 0.3 is 0 Å². The average Bonchev–Trinajstić information content (AvgIpc) is 3.11. The summed E-state index contributed by atoms with van der Waals surface area (Å²) in [6, 6.07) is 15.2. The number of nitrogens with one attached hydrogen (secondary N) is 1. The summed E-state index contributed by atoms with van der Waals surface area (Å²) in [4.78, 5) is 16.4. The standard InChI is InChI=1S/C20H22N4O2/c1-13(2)14-7-9-15(10-8-14)20-23-19(26-24-20)12-11-18(25)22-17-6-4-3-5-16(17)21/h3-10,13H,11-12,21H2,1-2H3,(H,22,25). The van der Waals surface area contributed by atoms with E-state index in [0.717, 1.165) is 5.56 Å². The lowest BCUT2D eigenvalue weighted by Crippen LogP contribution is -2.13. The Morgan fingerprint density at radius 1 is 1.15 bits per heavy atom. The van der Waals surface area contributed by atoms with E-state index >= 15 is 0 Å². The van der Waals surface area contributed by atoms with Crippen LogP contribution in [0.1, 0.15) is 37.6 Å². The molecule has 134 valence electrons.